The van der Waals surface area contributed by atoms with Gasteiger partial charge in [-0.3, -0.25) is 4.79 Å². The molecule has 3 rings (SSSR count). The molecule has 0 aliphatic carbocycles. The van der Waals surface area contributed by atoms with Crippen LogP contribution < -0.4 is 4.74 Å². The van der Waals surface area contributed by atoms with Crippen LogP contribution in [-0.2, 0) is 0 Å². The first-order chi connectivity index (χ1) is 10.1. The number of likely N-dealkylation sites (tertiary alicyclic amines) is 1. The fourth-order valence-electron chi connectivity index (χ4n) is 2.32. The Morgan fingerprint density at radius 1 is 1.19 bits per heavy atom. The van der Waals surface area contributed by atoms with E-state index in [4.69, 9.17) is 4.74 Å². The van der Waals surface area contributed by atoms with E-state index in [1.807, 2.05) is 50.2 Å². The molecule has 4 heteroatoms. The average Bonchev–Trinajstić information content (AvgIpc) is 2.46. The highest BCUT2D eigenvalue weighted by Gasteiger charge is 2.33. The molecule has 2 aromatic rings. The summed E-state index contributed by atoms with van der Waals surface area (Å²) in [6, 6.07) is 11.4. The minimum Gasteiger partial charge on any atom is -0.471 e. The number of hydrogen-bond donors (Lipinski definition) is 0. The summed E-state index contributed by atoms with van der Waals surface area (Å²) in [5.74, 6) is 0.680. The van der Waals surface area contributed by atoms with Gasteiger partial charge in [0.25, 0.3) is 5.91 Å². The number of pyridine rings is 1. The third kappa shape index (κ3) is 2.89. The van der Waals surface area contributed by atoms with Gasteiger partial charge in [-0.15, -0.1) is 0 Å². The van der Waals surface area contributed by atoms with Gasteiger partial charge in [-0.1, -0.05) is 12.1 Å². The maximum absolute atomic E-state index is 12.3. The predicted molar refractivity (Wildman–Crippen MR) is 80.5 cm³/mol. The van der Waals surface area contributed by atoms with Gasteiger partial charge in [0.05, 0.1) is 13.1 Å². The van der Waals surface area contributed by atoms with E-state index in [1.54, 1.807) is 11.1 Å². The highest BCUT2D eigenvalue weighted by atomic mass is 16.5. The van der Waals surface area contributed by atoms with Crippen LogP contribution in [0.2, 0.25) is 0 Å². The maximum Gasteiger partial charge on any atom is 0.254 e. The largest absolute Gasteiger partial charge is 0.471 e. The molecule has 0 atom stereocenters. The zero-order valence-corrected chi connectivity index (χ0v) is 12.2. The quantitative estimate of drug-likeness (QED) is 0.869. The van der Waals surface area contributed by atoms with Crippen molar-refractivity contribution in [2.24, 2.45) is 0 Å². The Kier molecular flexibility index (Phi) is 3.60. The van der Waals surface area contributed by atoms with Gasteiger partial charge in [0.1, 0.15) is 6.10 Å². The van der Waals surface area contributed by atoms with E-state index in [2.05, 4.69) is 4.98 Å². The third-order valence-corrected chi connectivity index (χ3v) is 3.81. The first kappa shape index (κ1) is 13.6. The van der Waals surface area contributed by atoms with Crippen molar-refractivity contribution >= 4 is 5.91 Å². The van der Waals surface area contributed by atoms with Crippen LogP contribution in [-0.4, -0.2) is 35.0 Å². The lowest BCUT2D eigenvalue weighted by Crippen LogP contribution is -2.56. The van der Waals surface area contributed by atoms with Crippen LogP contribution in [0.1, 0.15) is 21.5 Å². The van der Waals surface area contributed by atoms with Crippen molar-refractivity contribution in [1.29, 1.82) is 0 Å². The van der Waals surface area contributed by atoms with Crippen molar-refractivity contribution in [2.75, 3.05) is 13.1 Å². The van der Waals surface area contributed by atoms with Crippen LogP contribution >= 0.6 is 0 Å². The molecule has 1 aromatic carbocycles. The third-order valence-electron chi connectivity index (χ3n) is 3.81. The van der Waals surface area contributed by atoms with Crippen LogP contribution in [0, 0.1) is 13.8 Å². The molecule has 0 saturated carbocycles. The molecule has 1 fully saturated rings. The fourth-order valence-corrected chi connectivity index (χ4v) is 2.32. The molecule has 2 heterocycles. The number of aromatic nitrogens is 1. The Morgan fingerprint density at radius 3 is 2.67 bits per heavy atom. The summed E-state index contributed by atoms with van der Waals surface area (Å²) in [6.07, 6.45) is 1.74. The van der Waals surface area contributed by atoms with E-state index >= 15 is 0 Å². The van der Waals surface area contributed by atoms with Crippen molar-refractivity contribution < 1.29 is 9.53 Å². The summed E-state index contributed by atoms with van der Waals surface area (Å²) in [7, 11) is 0. The standard InChI is InChI=1S/C17H18N2O2/c1-12-6-7-14(9-13(12)2)17(20)19-10-15(11-19)21-16-5-3-4-8-18-16/h3-9,15H,10-11H2,1-2H3. The van der Waals surface area contributed by atoms with Gasteiger partial charge in [-0.25, -0.2) is 4.98 Å². The van der Waals surface area contributed by atoms with Gasteiger partial charge >= 0.3 is 0 Å². The first-order valence-corrected chi connectivity index (χ1v) is 7.08. The van der Waals surface area contributed by atoms with Crippen molar-refractivity contribution in [1.82, 2.24) is 9.88 Å². The number of hydrogen-bond acceptors (Lipinski definition) is 3. The molecule has 1 aliphatic rings. The Bertz CT molecular complexity index is 649. The molecule has 0 bridgehead atoms. The summed E-state index contributed by atoms with van der Waals surface area (Å²) in [6.45, 7) is 5.30. The lowest BCUT2D eigenvalue weighted by Gasteiger charge is -2.38. The van der Waals surface area contributed by atoms with Crippen LogP contribution in [0.5, 0.6) is 5.88 Å². The van der Waals surface area contributed by atoms with Crippen molar-refractivity contribution in [3.8, 4) is 5.88 Å². The van der Waals surface area contributed by atoms with Crippen LogP contribution in [0.4, 0.5) is 0 Å². The smallest absolute Gasteiger partial charge is 0.254 e. The minimum absolute atomic E-state index is 0.0374. The minimum atomic E-state index is 0.0374. The molecule has 0 radical (unpaired) electrons. The molecule has 1 aromatic heterocycles. The Morgan fingerprint density at radius 2 is 2.00 bits per heavy atom. The van der Waals surface area contributed by atoms with Gasteiger partial charge in [-0.2, -0.15) is 0 Å². The van der Waals surface area contributed by atoms with Crippen molar-refractivity contribution in [2.45, 2.75) is 20.0 Å². The lowest BCUT2D eigenvalue weighted by molar-refractivity contribution is 0.0160. The second kappa shape index (κ2) is 5.56. The van der Waals surface area contributed by atoms with E-state index in [0.717, 1.165) is 11.1 Å². The molecule has 21 heavy (non-hydrogen) atoms. The molecule has 0 N–H and O–H groups in total. The SMILES string of the molecule is Cc1ccc(C(=O)N2CC(Oc3ccccn3)C2)cc1C. The van der Waals surface area contributed by atoms with E-state index in [-0.39, 0.29) is 12.0 Å². The number of carbonyl (C=O) groups excluding carboxylic acids is 1. The first-order valence-electron chi connectivity index (χ1n) is 7.08. The number of amides is 1. The molecule has 1 saturated heterocycles. The number of rotatable bonds is 3. The number of aryl methyl sites for hydroxylation is 2. The van der Waals surface area contributed by atoms with Crippen LogP contribution in [0.25, 0.3) is 0 Å². The normalized spacial score (nSPS) is 14.7. The maximum atomic E-state index is 12.3. The molecule has 4 nitrogen and oxygen atoms in total. The molecular formula is C17H18N2O2. The Labute approximate surface area is 124 Å². The van der Waals surface area contributed by atoms with E-state index in [9.17, 15) is 4.79 Å². The second-order valence-electron chi connectivity index (χ2n) is 5.42. The lowest BCUT2D eigenvalue weighted by atomic mass is 10.0. The number of benzene rings is 1. The monoisotopic (exact) mass is 282 g/mol. The number of ether oxygens (including phenoxy) is 1. The van der Waals surface area contributed by atoms with E-state index < -0.39 is 0 Å². The van der Waals surface area contributed by atoms with Gasteiger partial charge in [0, 0.05) is 17.8 Å². The summed E-state index contributed by atoms with van der Waals surface area (Å²) >= 11 is 0. The number of carbonyl (C=O) groups is 1. The Balaban J connectivity index is 1.58. The van der Waals surface area contributed by atoms with Gasteiger partial charge < -0.3 is 9.64 Å². The fraction of sp³-hybridized carbons (Fsp3) is 0.294. The molecule has 108 valence electrons. The summed E-state index contributed by atoms with van der Waals surface area (Å²) in [5.41, 5.74) is 3.09. The topological polar surface area (TPSA) is 42.4 Å². The van der Waals surface area contributed by atoms with Crippen LogP contribution in [0.15, 0.2) is 42.6 Å². The molecule has 0 unspecified atom stereocenters. The van der Waals surface area contributed by atoms with Crippen molar-refractivity contribution in [3.05, 3.63) is 59.3 Å². The summed E-state index contributed by atoms with van der Waals surface area (Å²) in [4.78, 5) is 18.3. The van der Waals surface area contributed by atoms with E-state index in [1.165, 1.54) is 5.56 Å². The summed E-state index contributed by atoms with van der Waals surface area (Å²) < 4.78 is 5.70. The van der Waals surface area contributed by atoms with Crippen molar-refractivity contribution in [3.63, 3.8) is 0 Å². The Hall–Kier alpha value is -2.36. The molecule has 0 spiro atoms. The van der Waals surface area contributed by atoms with Gasteiger partial charge in [0.2, 0.25) is 5.88 Å². The zero-order chi connectivity index (χ0) is 14.8. The molecule has 1 amide bonds. The summed E-state index contributed by atoms with van der Waals surface area (Å²) in [5, 5.41) is 0. The van der Waals surface area contributed by atoms with Gasteiger partial charge in [-0.05, 0) is 43.2 Å². The highest BCUT2D eigenvalue weighted by Crippen LogP contribution is 2.19. The van der Waals surface area contributed by atoms with E-state index in [0.29, 0.717) is 19.0 Å². The predicted octanol–water partition coefficient (Wildman–Crippen LogP) is 2.60. The highest BCUT2D eigenvalue weighted by molar-refractivity contribution is 5.95. The van der Waals surface area contributed by atoms with Crippen LogP contribution in [0.3, 0.4) is 0 Å². The molecule has 1 aliphatic heterocycles. The zero-order valence-electron chi connectivity index (χ0n) is 12.2. The number of nitrogens with zero attached hydrogens (tertiary/aromatic N) is 2. The average molecular weight is 282 g/mol. The van der Waals surface area contributed by atoms with Gasteiger partial charge in [0.15, 0.2) is 0 Å². The molecular weight excluding hydrogens is 264 g/mol. The second-order valence-corrected chi connectivity index (χ2v) is 5.42.